The van der Waals surface area contributed by atoms with Gasteiger partial charge in [0.25, 0.3) is 0 Å². The van der Waals surface area contributed by atoms with Crippen molar-refractivity contribution in [3.05, 3.63) is 104 Å². The molecule has 3 saturated heterocycles. The predicted octanol–water partition coefficient (Wildman–Crippen LogP) is 6.60. The maximum Gasteiger partial charge on any atom is 0.246 e. The van der Waals surface area contributed by atoms with Crippen LogP contribution < -0.4 is 10.6 Å². The van der Waals surface area contributed by atoms with Crippen LogP contribution in [0.4, 0.5) is 0 Å². The van der Waals surface area contributed by atoms with E-state index in [0.717, 1.165) is 107 Å². The monoisotopic (exact) mass is 1050 g/mol. The van der Waals surface area contributed by atoms with E-state index in [2.05, 4.69) is 54.0 Å². The Morgan fingerprint density at radius 3 is 2.26 bits per heavy atom. The number of carbonyl (C=O) groups is 4. The number of fused-ring (bicyclic) bond motifs is 3. The van der Waals surface area contributed by atoms with Crippen LogP contribution in [-0.4, -0.2) is 150 Å². The number of benzene rings is 2. The molecule has 7 heterocycles. The zero-order chi connectivity index (χ0) is 51.7. The van der Waals surface area contributed by atoms with Gasteiger partial charge in [0.05, 0.1) is 46.9 Å². The highest BCUT2D eigenvalue weighted by molar-refractivity contribution is 7.15. The van der Waals surface area contributed by atoms with E-state index >= 15 is 0 Å². The van der Waals surface area contributed by atoms with Crippen molar-refractivity contribution in [3.63, 3.8) is 0 Å². The van der Waals surface area contributed by atoms with E-state index in [0.29, 0.717) is 16.9 Å². The first-order chi connectivity index (χ1) is 34.8. The standard InChI is InChI=1S/C54H66ClN11O5S2/c1-30-33(4)73-52-45(30)46(36-13-15-38(55)16-14-36)58-41(49-61-60-34(5)66(49)52)22-44(69)64-27-54(28-64)23-39(24-54)63-19-17-62(18-20-63)26-43(68)59-48(53(6,7)8)51(71)65-25-40(67)21-42(65)50(70)57-31(2)35-9-11-37(12-10-35)47-32(3)56-29-72-47/h9-16,29,31,39-42,48,67H,17-28H2,1-8H3,(H,57,70)(H,59,68)/t31-,40+,41-,42-,48+/m0/s1. The number of piperazine rings is 1. The molecule has 2 aromatic carbocycles. The number of amides is 4. The van der Waals surface area contributed by atoms with Gasteiger partial charge in [0.15, 0.2) is 5.82 Å². The van der Waals surface area contributed by atoms with Gasteiger partial charge in [0.1, 0.15) is 29.0 Å². The Bertz CT molecular complexity index is 2940. The van der Waals surface area contributed by atoms with Crippen LogP contribution in [0.25, 0.3) is 15.4 Å². The third kappa shape index (κ3) is 10.1. The molecule has 10 rings (SSSR count). The molecule has 5 aromatic rings. The Labute approximate surface area is 440 Å². The highest BCUT2D eigenvalue weighted by Gasteiger charge is 2.55. The van der Waals surface area contributed by atoms with Crippen LogP contribution >= 0.6 is 34.3 Å². The number of thiophene rings is 1. The normalized spacial score (nSPS) is 21.9. The van der Waals surface area contributed by atoms with Crippen LogP contribution in [0.1, 0.15) is 110 Å². The smallest absolute Gasteiger partial charge is 0.246 e. The molecule has 0 unspecified atom stereocenters. The molecule has 3 N–H and O–H groups in total. The number of halogens is 1. The van der Waals surface area contributed by atoms with Crippen LogP contribution in [0.15, 0.2) is 59.0 Å². The summed E-state index contributed by atoms with van der Waals surface area (Å²) in [6.45, 7) is 20.5. The third-order valence-electron chi connectivity index (χ3n) is 15.8. The zero-order valence-corrected chi connectivity index (χ0v) is 45.3. The molecule has 0 bridgehead atoms. The average Bonchev–Trinajstić information content (AvgIpc) is 4.09. The second-order valence-corrected chi connectivity index (χ2v) is 24.6. The highest BCUT2D eigenvalue weighted by Crippen LogP contribution is 2.51. The first-order valence-corrected chi connectivity index (χ1v) is 27.5. The number of likely N-dealkylation sites (tertiary alicyclic amines) is 2. The minimum atomic E-state index is -0.902. The third-order valence-corrected chi connectivity index (χ3v) is 18.2. The number of rotatable bonds is 12. The van der Waals surface area contributed by atoms with Crippen molar-refractivity contribution < 1.29 is 24.3 Å². The molecule has 73 heavy (non-hydrogen) atoms. The fraction of sp³-hybridized carbons (Fsp3) is 0.519. The van der Waals surface area contributed by atoms with Crippen LogP contribution in [0.3, 0.4) is 0 Å². The molecule has 5 aliphatic rings. The summed E-state index contributed by atoms with van der Waals surface area (Å²) in [6, 6.07) is 13.6. The Balaban J connectivity index is 0.699. The summed E-state index contributed by atoms with van der Waals surface area (Å²) in [5.74, 6) is 0.549. The predicted molar refractivity (Wildman–Crippen MR) is 284 cm³/mol. The fourth-order valence-electron chi connectivity index (χ4n) is 11.5. The number of aliphatic imine (C=N–C) groups is 1. The minimum Gasteiger partial charge on any atom is -0.391 e. The first kappa shape index (κ1) is 51.1. The molecule has 5 atom stereocenters. The lowest BCUT2D eigenvalue weighted by molar-refractivity contribution is -0.159. The van der Waals surface area contributed by atoms with E-state index in [1.165, 1.54) is 9.78 Å². The Hall–Kier alpha value is -5.37. The van der Waals surface area contributed by atoms with Crippen LogP contribution in [-0.2, 0) is 19.2 Å². The van der Waals surface area contributed by atoms with Crippen molar-refractivity contribution >= 4 is 63.6 Å². The SMILES string of the molecule is Cc1ncsc1-c1ccc([C@H](C)NC(=O)[C@@H]2C[C@@H](O)CN2C(=O)[C@@H](NC(=O)CN2CCN(C3CC4(C3)CN(C(=O)C[C@@H]3N=C(c5ccc(Cl)cc5)c5c(sc(C)c5C)-n5c(C)nnc53)C4)CC2)C(C)(C)C)cc1. The number of hydrogen-bond donors (Lipinski definition) is 3. The van der Waals surface area contributed by atoms with Crippen molar-refractivity contribution in [2.75, 3.05) is 52.4 Å². The van der Waals surface area contributed by atoms with Gasteiger partial charge < -0.3 is 25.5 Å². The summed E-state index contributed by atoms with van der Waals surface area (Å²) in [7, 11) is 0. The lowest BCUT2D eigenvalue weighted by atomic mass is 9.60. The van der Waals surface area contributed by atoms with E-state index in [1.54, 1.807) is 22.7 Å². The van der Waals surface area contributed by atoms with Crippen molar-refractivity contribution in [1.82, 2.24) is 50.0 Å². The van der Waals surface area contributed by atoms with E-state index in [1.807, 2.05) is 100 Å². The summed E-state index contributed by atoms with van der Waals surface area (Å²) in [4.78, 5) is 76.0. The second-order valence-electron chi connectivity index (χ2n) is 22.1. The lowest BCUT2D eigenvalue weighted by Gasteiger charge is -2.61. The Kier molecular flexibility index (Phi) is 14.0. The second kappa shape index (κ2) is 20.1. The molecule has 386 valence electrons. The molecule has 4 amide bonds. The van der Waals surface area contributed by atoms with Gasteiger partial charge >= 0.3 is 0 Å². The number of thiazole rings is 1. The maximum absolute atomic E-state index is 14.3. The van der Waals surface area contributed by atoms with Crippen LogP contribution in [0.5, 0.6) is 0 Å². The molecule has 1 spiro atoms. The van der Waals surface area contributed by atoms with E-state index < -0.39 is 29.6 Å². The maximum atomic E-state index is 14.3. The van der Waals surface area contributed by atoms with Crippen molar-refractivity contribution in [2.24, 2.45) is 15.8 Å². The zero-order valence-electron chi connectivity index (χ0n) is 42.9. The number of aliphatic hydroxyl groups excluding tert-OH is 1. The van der Waals surface area contributed by atoms with Gasteiger partial charge in [-0.2, -0.15) is 0 Å². The number of aromatic nitrogens is 4. The number of nitrogens with one attached hydrogen (secondary N) is 2. The van der Waals surface area contributed by atoms with Gasteiger partial charge in [-0.05, 0) is 81.7 Å². The molecule has 4 aliphatic heterocycles. The summed E-state index contributed by atoms with van der Waals surface area (Å²) in [5.41, 5.74) is 8.22. The van der Waals surface area contributed by atoms with Crippen LogP contribution in [0.2, 0.25) is 5.02 Å². The summed E-state index contributed by atoms with van der Waals surface area (Å²) in [5, 5.41) is 27.6. The molecule has 3 aromatic heterocycles. The topological polar surface area (TPSA) is 181 Å². The quantitative estimate of drug-likeness (QED) is 0.123. The van der Waals surface area contributed by atoms with E-state index in [-0.39, 0.29) is 61.0 Å². The average molecular weight is 1050 g/mol. The molecule has 4 fully saturated rings. The number of nitrogens with zero attached hydrogens (tertiary/aromatic N) is 9. The lowest BCUT2D eigenvalue weighted by Crippen LogP contribution is -2.68. The number of aliphatic hydroxyl groups is 1. The molecule has 16 nitrogen and oxygen atoms in total. The Morgan fingerprint density at radius 1 is 0.918 bits per heavy atom. The van der Waals surface area contributed by atoms with Gasteiger partial charge in [-0.15, -0.1) is 32.9 Å². The van der Waals surface area contributed by atoms with Crippen LogP contribution in [0, 0.1) is 38.5 Å². The van der Waals surface area contributed by atoms with Gasteiger partial charge in [0, 0.05) is 84.7 Å². The molecule has 1 aliphatic carbocycles. The van der Waals surface area contributed by atoms with E-state index in [4.69, 9.17) is 16.6 Å². The van der Waals surface area contributed by atoms with Gasteiger partial charge in [0.2, 0.25) is 23.6 Å². The van der Waals surface area contributed by atoms with Crippen molar-refractivity contribution in [2.45, 2.75) is 117 Å². The molecule has 1 saturated carbocycles. The minimum absolute atomic E-state index is 0.0124. The molecular formula is C54H66ClN11O5S2. The molecule has 0 radical (unpaired) electrons. The Morgan fingerprint density at radius 2 is 1.60 bits per heavy atom. The number of β-amino-alcohol motifs (C(OH)–C–C–N with tert-alkyl or cyclic N) is 1. The largest absolute Gasteiger partial charge is 0.391 e. The number of carbonyl (C=O) groups excluding carboxylic acids is 4. The van der Waals surface area contributed by atoms with Gasteiger partial charge in [-0.3, -0.25) is 38.5 Å². The highest BCUT2D eigenvalue weighted by atomic mass is 35.5. The summed E-state index contributed by atoms with van der Waals surface area (Å²) < 4.78 is 2.09. The van der Waals surface area contributed by atoms with Gasteiger partial charge in [-0.1, -0.05) is 68.8 Å². The van der Waals surface area contributed by atoms with Crippen molar-refractivity contribution in [3.8, 4) is 15.4 Å². The first-order valence-electron chi connectivity index (χ1n) is 25.4. The van der Waals surface area contributed by atoms with Gasteiger partial charge in [-0.25, -0.2) is 4.98 Å². The van der Waals surface area contributed by atoms with E-state index in [9.17, 15) is 24.3 Å². The molecule has 19 heteroatoms. The van der Waals surface area contributed by atoms with Crippen molar-refractivity contribution in [1.29, 1.82) is 0 Å². The molecular weight excluding hydrogens is 982 g/mol. The number of hydrogen-bond acceptors (Lipinski definition) is 13. The summed E-state index contributed by atoms with van der Waals surface area (Å²) in [6.07, 6.45) is 1.52. The number of aryl methyl sites for hydroxylation is 3. The summed E-state index contributed by atoms with van der Waals surface area (Å²) >= 11 is 9.59. The fourth-order valence-corrected chi connectivity index (χ4v) is 13.7.